The zero-order valence-corrected chi connectivity index (χ0v) is 8.85. The summed E-state index contributed by atoms with van der Waals surface area (Å²) in [6.07, 6.45) is 1.65. The van der Waals surface area contributed by atoms with Gasteiger partial charge in [0, 0.05) is 6.54 Å². The zero-order chi connectivity index (χ0) is 12.6. The minimum absolute atomic E-state index is 0.157. The largest absolute Gasteiger partial charge is 0.366 e. The van der Waals surface area contributed by atoms with Crippen molar-refractivity contribution in [1.29, 1.82) is 0 Å². The molecule has 86 valence electrons. The van der Waals surface area contributed by atoms with Crippen molar-refractivity contribution >= 4 is 11.8 Å². The molecular weight excluding hydrogens is 206 g/mol. The fourth-order valence-electron chi connectivity index (χ4n) is 0.913. The maximum absolute atomic E-state index is 10.7. The van der Waals surface area contributed by atoms with E-state index in [0.29, 0.717) is 6.54 Å². The molecule has 5 nitrogen and oxygen atoms in total. The van der Waals surface area contributed by atoms with Crippen molar-refractivity contribution in [3.05, 3.63) is 48.0 Å². The van der Waals surface area contributed by atoms with Crippen LogP contribution in [0, 0.1) is 0 Å². The van der Waals surface area contributed by atoms with Crippen LogP contribution in [0.4, 0.5) is 0 Å². The Hall–Kier alpha value is -2.14. The first-order valence-corrected chi connectivity index (χ1v) is 4.54. The lowest BCUT2D eigenvalue weighted by atomic mass is 10.1. The van der Waals surface area contributed by atoms with Gasteiger partial charge in [0.2, 0.25) is 11.8 Å². The molecular formula is C11H15N3O2. The SMILES string of the molecule is C=CCN.NC(=O)c1ccccc1C(N)=O. The van der Waals surface area contributed by atoms with Gasteiger partial charge in [-0.3, -0.25) is 9.59 Å². The predicted octanol–water partition coefficient (Wildman–Crippen LogP) is 0.0155. The summed E-state index contributed by atoms with van der Waals surface area (Å²) in [6.45, 7) is 3.94. The molecule has 6 N–H and O–H groups in total. The lowest BCUT2D eigenvalue weighted by Gasteiger charge is -2.00. The van der Waals surface area contributed by atoms with Crippen LogP contribution in [-0.2, 0) is 0 Å². The summed E-state index contributed by atoms with van der Waals surface area (Å²) in [5, 5.41) is 0. The molecule has 0 atom stereocenters. The molecule has 16 heavy (non-hydrogen) atoms. The van der Waals surface area contributed by atoms with Gasteiger partial charge in [0.25, 0.3) is 0 Å². The molecule has 0 aromatic heterocycles. The average molecular weight is 221 g/mol. The third-order valence-electron chi connectivity index (χ3n) is 1.62. The fraction of sp³-hybridized carbons (Fsp3) is 0.0909. The van der Waals surface area contributed by atoms with Gasteiger partial charge in [0.05, 0.1) is 11.1 Å². The van der Waals surface area contributed by atoms with E-state index >= 15 is 0 Å². The van der Waals surface area contributed by atoms with E-state index in [1.807, 2.05) is 0 Å². The minimum atomic E-state index is -0.649. The topological polar surface area (TPSA) is 112 Å². The Labute approximate surface area is 93.9 Å². The molecule has 2 amide bonds. The first-order chi connectivity index (χ1) is 7.54. The molecule has 1 aromatic rings. The number of amides is 2. The van der Waals surface area contributed by atoms with Gasteiger partial charge in [-0.1, -0.05) is 18.2 Å². The van der Waals surface area contributed by atoms with Gasteiger partial charge in [-0.2, -0.15) is 0 Å². The first kappa shape index (κ1) is 13.9. The van der Waals surface area contributed by atoms with E-state index in [1.165, 1.54) is 12.1 Å². The Balaban J connectivity index is 0.000000487. The molecule has 0 saturated heterocycles. The first-order valence-electron chi connectivity index (χ1n) is 4.54. The second kappa shape index (κ2) is 7.19. The highest BCUT2D eigenvalue weighted by Crippen LogP contribution is 2.06. The minimum Gasteiger partial charge on any atom is -0.366 e. The van der Waals surface area contributed by atoms with Crippen LogP contribution in [0.2, 0.25) is 0 Å². The monoisotopic (exact) mass is 221 g/mol. The van der Waals surface area contributed by atoms with E-state index in [0.717, 1.165) is 0 Å². The van der Waals surface area contributed by atoms with E-state index in [4.69, 9.17) is 17.2 Å². The third kappa shape index (κ3) is 4.39. The Morgan fingerprint density at radius 2 is 1.44 bits per heavy atom. The van der Waals surface area contributed by atoms with Crippen LogP contribution in [-0.4, -0.2) is 18.4 Å². The second-order valence-corrected chi connectivity index (χ2v) is 2.80. The van der Waals surface area contributed by atoms with Gasteiger partial charge < -0.3 is 17.2 Å². The Morgan fingerprint density at radius 1 is 1.12 bits per heavy atom. The summed E-state index contributed by atoms with van der Waals surface area (Å²) >= 11 is 0. The molecule has 0 saturated carbocycles. The number of rotatable bonds is 3. The van der Waals surface area contributed by atoms with Gasteiger partial charge in [-0.25, -0.2) is 0 Å². The molecule has 0 aliphatic rings. The quantitative estimate of drug-likeness (QED) is 0.625. The van der Waals surface area contributed by atoms with Crippen LogP contribution < -0.4 is 17.2 Å². The second-order valence-electron chi connectivity index (χ2n) is 2.80. The summed E-state index contributed by atoms with van der Waals surface area (Å²) in [7, 11) is 0. The highest BCUT2D eigenvalue weighted by atomic mass is 16.2. The molecule has 0 unspecified atom stereocenters. The summed E-state index contributed by atoms with van der Waals surface area (Å²) in [4.78, 5) is 21.5. The van der Waals surface area contributed by atoms with Crippen LogP contribution >= 0.6 is 0 Å². The van der Waals surface area contributed by atoms with E-state index in [9.17, 15) is 9.59 Å². The lowest BCUT2D eigenvalue weighted by Crippen LogP contribution is -2.20. The van der Waals surface area contributed by atoms with Gasteiger partial charge in [0.15, 0.2) is 0 Å². The van der Waals surface area contributed by atoms with E-state index < -0.39 is 11.8 Å². The fourth-order valence-corrected chi connectivity index (χ4v) is 0.913. The number of primary amides is 2. The summed E-state index contributed by atoms with van der Waals surface area (Å²) in [5.41, 5.74) is 15.2. The molecule has 5 heteroatoms. The third-order valence-corrected chi connectivity index (χ3v) is 1.62. The van der Waals surface area contributed by atoms with Crippen molar-refractivity contribution in [2.45, 2.75) is 0 Å². The van der Waals surface area contributed by atoms with Crippen molar-refractivity contribution in [2.75, 3.05) is 6.54 Å². The van der Waals surface area contributed by atoms with Crippen molar-refractivity contribution < 1.29 is 9.59 Å². The number of hydrogen-bond acceptors (Lipinski definition) is 3. The van der Waals surface area contributed by atoms with Crippen LogP contribution in [0.25, 0.3) is 0 Å². The predicted molar refractivity (Wildman–Crippen MR) is 62.7 cm³/mol. The van der Waals surface area contributed by atoms with E-state index in [-0.39, 0.29) is 11.1 Å². The van der Waals surface area contributed by atoms with Crippen LogP contribution in [0.1, 0.15) is 20.7 Å². The Bertz CT molecular complexity index is 356. The number of benzene rings is 1. The lowest BCUT2D eigenvalue weighted by molar-refractivity contribution is 0.0967. The molecule has 0 aliphatic heterocycles. The maximum Gasteiger partial charge on any atom is 0.249 e. The number of carbonyl (C=O) groups excluding carboxylic acids is 2. The smallest absolute Gasteiger partial charge is 0.249 e. The van der Waals surface area contributed by atoms with Gasteiger partial charge >= 0.3 is 0 Å². The van der Waals surface area contributed by atoms with E-state index in [2.05, 4.69) is 6.58 Å². The molecule has 0 radical (unpaired) electrons. The molecule has 0 fully saturated rings. The highest BCUT2D eigenvalue weighted by molar-refractivity contribution is 6.06. The number of carbonyl (C=O) groups is 2. The Morgan fingerprint density at radius 3 is 1.62 bits per heavy atom. The van der Waals surface area contributed by atoms with Crippen molar-refractivity contribution in [1.82, 2.24) is 0 Å². The van der Waals surface area contributed by atoms with Gasteiger partial charge in [-0.15, -0.1) is 6.58 Å². The van der Waals surface area contributed by atoms with Crippen molar-refractivity contribution in [2.24, 2.45) is 17.2 Å². The summed E-state index contributed by atoms with van der Waals surface area (Å²) < 4.78 is 0. The van der Waals surface area contributed by atoms with Gasteiger partial charge in [0.1, 0.15) is 0 Å². The maximum atomic E-state index is 10.7. The van der Waals surface area contributed by atoms with Crippen LogP contribution in [0.15, 0.2) is 36.9 Å². The van der Waals surface area contributed by atoms with Crippen LogP contribution in [0.3, 0.4) is 0 Å². The molecule has 0 aliphatic carbocycles. The standard InChI is InChI=1S/C8H8N2O2.C3H7N/c9-7(11)5-3-1-2-4-6(5)8(10)12;1-2-3-4/h1-4H,(H2,9,11)(H2,10,12);2H,1,3-4H2. The zero-order valence-electron chi connectivity index (χ0n) is 8.85. The van der Waals surface area contributed by atoms with Crippen molar-refractivity contribution in [3.8, 4) is 0 Å². The normalized spacial score (nSPS) is 8.56. The van der Waals surface area contributed by atoms with Crippen LogP contribution in [0.5, 0.6) is 0 Å². The summed E-state index contributed by atoms with van der Waals surface area (Å²) in [6, 6.07) is 6.16. The molecule has 0 heterocycles. The molecule has 1 rings (SSSR count). The number of nitrogens with two attached hydrogens (primary N) is 3. The molecule has 0 spiro atoms. The summed E-state index contributed by atoms with van der Waals surface area (Å²) in [5.74, 6) is -1.30. The molecule has 0 bridgehead atoms. The van der Waals surface area contributed by atoms with Gasteiger partial charge in [-0.05, 0) is 12.1 Å². The highest BCUT2D eigenvalue weighted by Gasteiger charge is 2.10. The average Bonchev–Trinajstić information content (AvgIpc) is 2.29. The number of hydrogen-bond donors (Lipinski definition) is 3. The molecule has 1 aromatic carbocycles. The Kier molecular flexibility index (Phi) is 6.23. The van der Waals surface area contributed by atoms with Crippen molar-refractivity contribution in [3.63, 3.8) is 0 Å². The van der Waals surface area contributed by atoms with E-state index in [1.54, 1.807) is 18.2 Å².